The molecule has 1 aliphatic carbocycles. The number of nitrogens with zero attached hydrogens (tertiary/aromatic N) is 1. The first-order valence-electron chi connectivity index (χ1n) is 10.6. The molecule has 0 aromatic heterocycles. The predicted molar refractivity (Wildman–Crippen MR) is 127 cm³/mol. The highest BCUT2D eigenvalue weighted by Gasteiger charge is 2.49. The molecule has 0 radical (unpaired) electrons. The highest BCUT2D eigenvalue weighted by Crippen LogP contribution is 2.42. The third-order valence-corrected chi connectivity index (χ3v) is 7.32. The van der Waals surface area contributed by atoms with E-state index in [2.05, 4.69) is 28.2 Å². The minimum atomic E-state index is -0.688. The Labute approximate surface area is 204 Å². The van der Waals surface area contributed by atoms with Crippen LogP contribution in [0.3, 0.4) is 0 Å². The Balaban J connectivity index is 1.35. The standard InChI is InChI=1S/C24H22BrClN2O5/c1-13-2-8-17-18(10-13)23(31)28(22(17)30)16-6-3-14(4-7-16)24(32)33-12-21(29)27-15-5-9-19(25)20(26)11-15/h3-7,9,11,13,17-18H,2,8,10,12H2,1H3,(H,27,29)/t13-,17-,18+/m1/s1. The van der Waals surface area contributed by atoms with Crippen LogP contribution >= 0.6 is 27.5 Å². The molecule has 4 rings (SSSR count). The molecule has 0 bridgehead atoms. The van der Waals surface area contributed by atoms with E-state index < -0.39 is 18.5 Å². The Morgan fingerprint density at radius 1 is 1.09 bits per heavy atom. The summed E-state index contributed by atoms with van der Waals surface area (Å²) in [7, 11) is 0. The molecule has 1 aliphatic heterocycles. The molecule has 1 saturated heterocycles. The van der Waals surface area contributed by atoms with Gasteiger partial charge < -0.3 is 10.1 Å². The minimum Gasteiger partial charge on any atom is -0.452 e. The van der Waals surface area contributed by atoms with Crippen LogP contribution in [0.4, 0.5) is 11.4 Å². The first-order valence-corrected chi connectivity index (χ1v) is 11.8. The first-order chi connectivity index (χ1) is 15.7. The van der Waals surface area contributed by atoms with Crippen molar-refractivity contribution in [2.24, 2.45) is 17.8 Å². The Morgan fingerprint density at radius 3 is 2.48 bits per heavy atom. The fourth-order valence-electron chi connectivity index (χ4n) is 4.38. The van der Waals surface area contributed by atoms with Gasteiger partial charge in [-0.2, -0.15) is 0 Å². The lowest BCUT2D eigenvalue weighted by atomic mass is 9.76. The number of hydrogen-bond acceptors (Lipinski definition) is 5. The smallest absolute Gasteiger partial charge is 0.338 e. The van der Waals surface area contributed by atoms with E-state index in [9.17, 15) is 19.2 Å². The molecule has 1 heterocycles. The number of hydrogen-bond donors (Lipinski definition) is 1. The molecular formula is C24H22BrClN2O5. The summed E-state index contributed by atoms with van der Waals surface area (Å²) in [4.78, 5) is 51.3. The first kappa shape index (κ1) is 23.4. The molecule has 2 aromatic rings. The molecule has 9 heteroatoms. The van der Waals surface area contributed by atoms with E-state index in [-0.39, 0.29) is 29.2 Å². The fourth-order valence-corrected chi connectivity index (χ4v) is 4.80. The maximum Gasteiger partial charge on any atom is 0.338 e. The normalized spacial score (nSPS) is 22.2. The van der Waals surface area contributed by atoms with E-state index in [4.69, 9.17) is 16.3 Å². The van der Waals surface area contributed by atoms with Gasteiger partial charge in [0.2, 0.25) is 11.8 Å². The molecule has 3 atom stereocenters. The Morgan fingerprint density at radius 2 is 1.79 bits per heavy atom. The SMILES string of the molecule is C[C@@H]1CC[C@H]2C(=O)N(c3ccc(C(=O)OCC(=O)Nc4ccc(Br)c(Cl)c4)cc3)C(=O)[C@H]2C1. The number of esters is 1. The second kappa shape index (κ2) is 9.65. The number of halogens is 2. The quantitative estimate of drug-likeness (QED) is 0.439. The van der Waals surface area contributed by atoms with Crippen LogP contribution in [0.2, 0.25) is 5.02 Å². The van der Waals surface area contributed by atoms with Crippen molar-refractivity contribution in [2.75, 3.05) is 16.8 Å². The summed E-state index contributed by atoms with van der Waals surface area (Å²) in [5.41, 5.74) is 1.13. The number of anilines is 2. The number of fused-ring (bicyclic) bond motifs is 1. The second-order valence-electron chi connectivity index (χ2n) is 8.44. The van der Waals surface area contributed by atoms with Gasteiger partial charge in [0.1, 0.15) is 0 Å². The molecule has 2 fully saturated rings. The van der Waals surface area contributed by atoms with Crippen molar-refractivity contribution in [1.82, 2.24) is 0 Å². The van der Waals surface area contributed by atoms with Crippen molar-refractivity contribution in [3.63, 3.8) is 0 Å². The van der Waals surface area contributed by atoms with Gasteiger partial charge in [-0.05, 0) is 83.6 Å². The maximum atomic E-state index is 12.8. The van der Waals surface area contributed by atoms with Crippen molar-refractivity contribution in [1.29, 1.82) is 0 Å². The molecule has 3 amide bonds. The summed E-state index contributed by atoms with van der Waals surface area (Å²) in [6, 6.07) is 11.0. The van der Waals surface area contributed by atoms with Gasteiger partial charge in [0.15, 0.2) is 6.61 Å². The van der Waals surface area contributed by atoms with E-state index in [1.807, 2.05) is 0 Å². The number of ether oxygens (including phenoxy) is 1. The fraction of sp³-hybridized carbons (Fsp3) is 0.333. The number of nitrogens with one attached hydrogen (secondary N) is 1. The summed E-state index contributed by atoms with van der Waals surface area (Å²) in [6.07, 6.45) is 2.40. The second-order valence-corrected chi connectivity index (χ2v) is 9.70. The molecule has 33 heavy (non-hydrogen) atoms. The highest BCUT2D eigenvalue weighted by molar-refractivity contribution is 9.10. The summed E-state index contributed by atoms with van der Waals surface area (Å²) in [6.45, 7) is 1.63. The average Bonchev–Trinajstić information content (AvgIpc) is 3.04. The Kier molecular flexibility index (Phi) is 6.86. The van der Waals surface area contributed by atoms with Crippen molar-refractivity contribution < 1.29 is 23.9 Å². The van der Waals surface area contributed by atoms with Gasteiger partial charge in [0, 0.05) is 10.2 Å². The molecular weight excluding hydrogens is 512 g/mol. The van der Waals surface area contributed by atoms with E-state index in [0.717, 1.165) is 19.3 Å². The lowest BCUT2D eigenvalue weighted by Crippen LogP contribution is -2.30. The summed E-state index contributed by atoms with van der Waals surface area (Å²) >= 11 is 9.26. The zero-order chi connectivity index (χ0) is 23.7. The van der Waals surface area contributed by atoms with Crippen LogP contribution in [0.1, 0.15) is 36.5 Å². The van der Waals surface area contributed by atoms with Crippen LogP contribution in [0.5, 0.6) is 0 Å². The monoisotopic (exact) mass is 532 g/mol. The summed E-state index contributed by atoms with van der Waals surface area (Å²) < 4.78 is 5.77. The Hall–Kier alpha value is -2.71. The Bertz CT molecular complexity index is 1120. The average molecular weight is 534 g/mol. The summed E-state index contributed by atoms with van der Waals surface area (Å²) in [5, 5.41) is 3.04. The molecule has 2 aliphatic rings. The minimum absolute atomic E-state index is 0.169. The molecule has 172 valence electrons. The lowest BCUT2D eigenvalue weighted by Gasteiger charge is -2.25. The van der Waals surface area contributed by atoms with Crippen LogP contribution in [-0.2, 0) is 19.1 Å². The highest BCUT2D eigenvalue weighted by atomic mass is 79.9. The third-order valence-electron chi connectivity index (χ3n) is 6.09. The summed E-state index contributed by atoms with van der Waals surface area (Å²) in [5.74, 6) is -1.62. The van der Waals surface area contributed by atoms with E-state index in [1.54, 1.807) is 30.3 Å². The maximum absolute atomic E-state index is 12.8. The zero-order valence-corrected chi connectivity index (χ0v) is 20.2. The molecule has 2 aromatic carbocycles. The number of benzene rings is 2. The zero-order valence-electron chi connectivity index (χ0n) is 17.8. The van der Waals surface area contributed by atoms with Gasteiger partial charge in [-0.3, -0.25) is 19.3 Å². The van der Waals surface area contributed by atoms with Crippen molar-refractivity contribution >= 4 is 62.6 Å². The van der Waals surface area contributed by atoms with E-state index >= 15 is 0 Å². The molecule has 0 unspecified atom stereocenters. The van der Waals surface area contributed by atoms with Crippen molar-refractivity contribution in [2.45, 2.75) is 26.2 Å². The largest absolute Gasteiger partial charge is 0.452 e. The number of imide groups is 1. The topological polar surface area (TPSA) is 92.8 Å². The number of amides is 3. The van der Waals surface area contributed by atoms with Gasteiger partial charge >= 0.3 is 5.97 Å². The van der Waals surface area contributed by atoms with Crippen molar-refractivity contribution in [3.8, 4) is 0 Å². The van der Waals surface area contributed by atoms with Crippen molar-refractivity contribution in [3.05, 3.63) is 57.5 Å². The number of rotatable bonds is 5. The van der Waals surface area contributed by atoms with Crippen LogP contribution in [0.25, 0.3) is 0 Å². The number of carbonyl (C=O) groups excluding carboxylic acids is 4. The predicted octanol–water partition coefficient (Wildman–Crippen LogP) is 4.82. The van der Waals surface area contributed by atoms with E-state index in [1.165, 1.54) is 17.0 Å². The van der Waals surface area contributed by atoms with Gasteiger partial charge in [-0.15, -0.1) is 0 Å². The molecule has 1 N–H and O–H groups in total. The molecule has 0 spiro atoms. The molecule has 1 saturated carbocycles. The molecule has 7 nitrogen and oxygen atoms in total. The van der Waals surface area contributed by atoms with Gasteiger partial charge in [-0.1, -0.05) is 18.5 Å². The van der Waals surface area contributed by atoms with Gasteiger partial charge in [-0.25, -0.2) is 4.79 Å². The van der Waals surface area contributed by atoms with Crippen LogP contribution in [0, 0.1) is 17.8 Å². The lowest BCUT2D eigenvalue weighted by molar-refractivity contribution is -0.122. The third kappa shape index (κ3) is 4.96. The van der Waals surface area contributed by atoms with Gasteiger partial charge in [0.25, 0.3) is 5.91 Å². The van der Waals surface area contributed by atoms with Gasteiger partial charge in [0.05, 0.1) is 28.1 Å². The van der Waals surface area contributed by atoms with Crippen LogP contribution < -0.4 is 10.2 Å². The van der Waals surface area contributed by atoms with Crippen LogP contribution in [0.15, 0.2) is 46.9 Å². The van der Waals surface area contributed by atoms with Crippen LogP contribution in [-0.4, -0.2) is 30.3 Å². The van der Waals surface area contributed by atoms with E-state index in [0.29, 0.717) is 26.8 Å². The number of carbonyl (C=O) groups is 4.